The molecule has 2 aromatic carbocycles. The van der Waals surface area contributed by atoms with Crippen LogP contribution >= 0.6 is 22.7 Å². The van der Waals surface area contributed by atoms with Crippen LogP contribution in [0.25, 0.3) is 11.1 Å². The normalized spacial score (nSPS) is 12.7. The van der Waals surface area contributed by atoms with Crippen LogP contribution in [0.5, 0.6) is 0 Å². The molecule has 5 rings (SSSR count). The van der Waals surface area contributed by atoms with Gasteiger partial charge in [0.2, 0.25) is 0 Å². The SMILES string of the molecule is C(=Nc1ccc2c(c1)Cc1cc(N=Cc3cccs3)ccc1-2)c1cccs1. The van der Waals surface area contributed by atoms with Crippen LogP contribution in [0.15, 0.2) is 81.4 Å². The first-order chi connectivity index (χ1) is 13.3. The molecule has 0 N–H and O–H groups in total. The summed E-state index contributed by atoms with van der Waals surface area (Å²) in [4.78, 5) is 11.6. The number of aliphatic imine (C=N–C) groups is 2. The van der Waals surface area contributed by atoms with E-state index in [0.29, 0.717) is 0 Å². The standard InChI is InChI=1S/C23H16N2S2/c1-3-20(26-9-1)14-24-18-5-7-22-16(12-18)11-17-13-19(6-8-23(17)22)25-15-21-4-2-10-27-21/h1-10,12-15H,11H2. The van der Waals surface area contributed by atoms with Gasteiger partial charge in [-0.3, -0.25) is 9.98 Å². The van der Waals surface area contributed by atoms with Crippen molar-refractivity contribution in [1.82, 2.24) is 0 Å². The molecule has 0 unspecified atom stereocenters. The van der Waals surface area contributed by atoms with Gasteiger partial charge in [-0.15, -0.1) is 22.7 Å². The molecule has 4 heteroatoms. The monoisotopic (exact) mass is 384 g/mol. The number of benzene rings is 2. The predicted octanol–water partition coefficient (Wildman–Crippen LogP) is 6.88. The van der Waals surface area contributed by atoms with Gasteiger partial charge in [0.05, 0.1) is 11.4 Å². The zero-order valence-electron chi connectivity index (χ0n) is 14.5. The summed E-state index contributed by atoms with van der Waals surface area (Å²) < 4.78 is 0. The smallest absolute Gasteiger partial charge is 0.0633 e. The lowest BCUT2D eigenvalue weighted by molar-refractivity contribution is 1.26. The quantitative estimate of drug-likeness (QED) is 0.302. The molecule has 2 heterocycles. The molecule has 0 amide bonds. The zero-order valence-corrected chi connectivity index (χ0v) is 16.1. The summed E-state index contributed by atoms with van der Waals surface area (Å²) in [6.45, 7) is 0. The van der Waals surface area contributed by atoms with Crippen LogP contribution in [0.1, 0.15) is 20.9 Å². The first-order valence-corrected chi connectivity index (χ1v) is 10.5. The highest BCUT2D eigenvalue weighted by molar-refractivity contribution is 7.12. The summed E-state index contributed by atoms with van der Waals surface area (Å²) >= 11 is 3.40. The van der Waals surface area contributed by atoms with Crippen molar-refractivity contribution in [3.63, 3.8) is 0 Å². The molecule has 2 nitrogen and oxygen atoms in total. The van der Waals surface area contributed by atoms with Gasteiger partial charge in [0.25, 0.3) is 0 Å². The van der Waals surface area contributed by atoms with E-state index in [1.165, 1.54) is 32.0 Å². The van der Waals surface area contributed by atoms with E-state index in [4.69, 9.17) is 0 Å². The van der Waals surface area contributed by atoms with Gasteiger partial charge in [0.15, 0.2) is 0 Å². The molecule has 0 saturated carbocycles. The Kier molecular flexibility index (Phi) is 4.28. The second-order valence-electron chi connectivity index (χ2n) is 6.41. The molecular formula is C23H16N2S2. The van der Waals surface area contributed by atoms with Crippen LogP contribution in [0, 0.1) is 0 Å². The Hall–Kier alpha value is -2.82. The number of fused-ring (bicyclic) bond motifs is 3. The van der Waals surface area contributed by atoms with Gasteiger partial charge in [-0.25, -0.2) is 0 Å². The minimum Gasteiger partial charge on any atom is -0.255 e. The van der Waals surface area contributed by atoms with Crippen LogP contribution in [0.2, 0.25) is 0 Å². The summed E-state index contributed by atoms with van der Waals surface area (Å²) in [6.07, 6.45) is 4.81. The van der Waals surface area contributed by atoms with Crippen LogP contribution in [-0.4, -0.2) is 12.4 Å². The Labute approximate surface area is 166 Å². The molecule has 0 fully saturated rings. The van der Waals surface area contributed by atoms with Crippen molar-refractivity contribution in [1.29, 1.82) is 0 Å². The fourth-order valence-corrected chi connectivity index (χ4v) is 4.52. The molecule has 0 atom stereocenters. The van der Waals surface area contributed by atoms with E-state index in [1.807, 2.05) is 24.6 Å². The molecule has 27 heavy (non-hydrogen) atoms. The third kappa shape index (κ3) is 3.42. The molecule has 0 bridgehead atoms. The van der Waals surface area contributed by atoms with Crippen LogP contribution in [-0.2, 0) is 6.42 Å². The van der Waals surface area contributed by atoms with Crippen molar-refractivity contribution in [3.8, 4) is 11.1 Å². The largest absolute Gasteiger partial charge is 0.255 e. The highest BCUT2D eigenvalue weighted by atomic mass is 32.1. The van der Waals surface area contributed by atoms with Gasteiger partial charge < -0.3 is 0 Å². The molecule has 1 aliphatic rings. The van der Waals surface area contributed by atoms with E-state index in [0.717, 1.165) is 17.8 Å². The predicted molar refractivity (Wildman–Crippen MR) is 118 cm³/mol. The van der Waals surface area contributed by atoms with Crippen molar-refractivity contribution in [2.75, 3.05) is 0 Å². The van der Waals surface area contributed by atoms with Gasteiger partial charge in [-0.1, -0.05) is 24.3 Å². The number of nitrogens with zero attached hydrogens (tertiary/aromatic N) is 2. The number of hydrogen-bond acceptors (Lipinski definition) is 4. The Morgan fingerprint density at radius 3 is 1.63 bits per heavy atom. The van der Waals surface area contributed by atoms with E-state index >= 15 is 0 Å². The second kappa shape index (κ2) is 7.06. The summed E-state index contributed by atoms with van der Waals surface area (Å²) in [5.41, 5.74) is 7.31. The third-order valence-electron chi connectivity index (χ3n) is 4.62. The lowest BCUT2D eigenvalue weighted by atomic mass is 10.1. The van der Waals surface area contributed by atoms with Crippen molar-refractivity contribution >= 4 is 46.5 Å². The van der Waals surface area contributed by atoms with E-state index in [9.17, 15) is 0 Å². The first-order valence-electron chi connectivity index (χ1n) is 8.76. The maximum Gasteiger partial charge on any atom is 0.0633 e. The lowest BCUT2D eigenvalue weighted by Gasteiger charge is -2.02. The Morgan fingerprint density at radius 1 is 0.667 bits per heavy atom. The number of thiophene rings is 2. The fourth-order valence-electron chi connectivity index (χ4n) is 3.35. The zero-order chi connectivity index (χ0) is 18.1. The molecule has 0 saturated heterocycles. The van der Waals surface area contributed by atoms with Crippen molar-refractivity contribution in [3.05, 3.63) is 92.3 Å². The Balaban J connectivity index is 1.40. The topological polar surface area (TPSA) is 24.7 Å². The molecule has 130 valence electrons. The van der Waals surface area contributed by atoms with Gasteiger partial charge in [0.1, 0.15) is 0 Å². The average Bonchev–Trinajstić information content (AvgIpc) is 3.44. The molecule has 2 aromatic heterocycles. The van der Waals surface area contributed by atoms with Gasteiger partial charge in [0, 0.05) is 22.2 Å². The average molecular weight is 385 g/mol. The van der Waals surface area contributed by atoms with Gasteiger partial charge in [-0.05, 0) is 75.8 Å². The highest BCUT2D eigenvalue weighted by Crippen LogP contribution is 2.39. The minimum absolute atomic E-state index is 0.940. The third-order valence-corrected chi connectivity index (χ3v) is 6.23. The molecule has 0 spiro atoms. The molecule has 4 aromatic rings. The molecule has 0 aliphatic heterocycles. The van der Waals surface area contributed by atoms with Crippen LogP contribution in [0.4, 0.5) is 11.4 Å². The van der Waals surface area contributed by atoms with Gasteiger partial charge in [-0.2, -0.15) is 0 Å². The molecule has 1 aliphatic carbocycles. The van der Waals surface area contributed by atoms with Crippen LogP contribution < -0.4 is 0 Å². The maximum atomic E-state index is 4.63. The van der Waals surface area contributed by atoms with E-state index < -0.39 is 0 Å². The number of hydrogen-bond donors (Lipinski definition) is 0. The van der Waals surface area contributed by atoms with Crippen molar-refractivity contribution in [2.24, 2.45) is 9.98 Å². The fraction of sp³-hybridized carbons (Fsp3) is 0.0435. The van der Waals surface area contributed by atoms with Gasteiger partial charge >= 0.3 is 0 Å². The first kappa shape index (κ1) is 16.4. The maximum absolute atomic E-state index is 4.63. The molecular weight excluding hydrogens is 368 g/mol. The lowest BCUT2D eigenvalue weighted by Crippen LogP contribution is -1.80. The second-order valence-corrected chi connectivity index (χ2v) is 8.37. The Bertz CT molecular complexity index is 1050. The summed E-state index contributed by atoms with van der Waals surface area (Å²) in [5, 5.41) is 4.14. The minimum atomic E-state index is 0.940. The van der Waals surface area contributed by atoms with E-state index in [-0.39, 0.29) is 0 Å². The summed E-state index contributed by atoms with van der Waals surface area (Å²) in [5.74, 6) is 0. The molecule has 0 radical (unpaired) electrons. The van der Waals surface area contributed by atoms with Crippen LogP contribution in [0.3, 0.4) is 0 Å². The van der Waals surface area contributed by atoms with E-state index in [1.54, 1.807) is 22.7 Å². The van der Waals surface area contributed by atoms with E-state index in [2.05, 4.69) is 69.3 Å². The Morgan fingerprint density at radius 2 is 1.19 bits per heavy atom. The van der Waals surface area contributed by atoms with Crippen molar-refractivity contribution < 1.29 is 0 Å². The summed E-state index contributed by atoms with van der Waals surface area (Å²) in [6, 6.07) is 21.2. The highest BCUT2D eigenvalue weighted by Gasteiger charge is 2.18. The number of rotatable bonds is 4. The van der Waals surface area contributed by atoms with Crippen molar-refractivity contribution in [2.45, 2.75) is 6.42 Å². The summed E-state index contributed by atoms with van der Waals surface area (Å²) in [7, 11) is 0.